The van der Waals surface area contributed by atoms with Gasteiger partial charge in [0.2, 0.25) is 5.91 Å². The second-order valence-electron chi connectivity index (χ2n) is 5.92. The minimum atomic E-state index is -2.95. The monoisotopic (exact) mass is 368 g/mol. The van der Waals surface area contributed by atoms with Crippen LogP contribution in [0.4, 0.5) is 8.78 Å². The van der Waals surface area contributed by atoms with E-state index in [-0.39, 0.29) is 24.0 Å². The van der Waals surface area contributed by atoms with Gasteiger partial charge < -0.3 is 18.9 Å². The van der Waals surface area contributed by atoms with E-state index in [4.69, 9.17) is 9.26 Å². The SMILES string of the molecule is COc1ccc(CN(C)C(=O)CCc2c(C)noc2C)cc1OC(F)F. The fourth-order valence-electron chi connectivity index (χ4n) is 2.65. The molecule has 142 valence electrons. The average molecular weight is 368 g/mol. The number of carbonyl (C=O) groups excluding carboxylic acids is 1. The topological polar surface area (TPSA) is 64.8 Å². The molecule has 0 unspecified atom stereocenters. The molecule has 0 fully saturated rings. The van der Waals surface area contributed by atoms with Crippen molar-refractivity contribution in [1.82, 2.24) is 10.1 Å². The van der Waals surface area contributed by atoms with Gasteiger partial charge in [0.25, 0.3) is 0 Å². The van der Waals surface area contributed by atoms with Crippen molar-refractivity contribution in [2.24, 2.45) is 0 Å². The standard InChI is InChI=1S/C18H22F2N2O4/c1-11-14(12(2)26-21-11)6-8-17(23)22(3)10-13-5-7-15(24-4)16(9-13)25-18(19)20/h5,7,9,18H,6,8,10H2,1-4H3. The number of nitrogens with zero attached hydrogens (tertiary/aromatic N) is 2. The summed E-state index contributed by atoms with van der Waals surface area (Å²) in [4.78, 5) is 13.9. The molecular formula is C18H22F2N2O4. The zero-order chi connectivity index (χ0) is 19.3. The highest BCUT2D eigenvalue weighted by Crippen LogP contribution is 2.30. The molecule has 0 bridgehead atoms. The lowest BCUT2D eigenvalue weighted by Crippen LogP contribution is -2.26. The van der Waals surface area contributed by atoms with Gasteiger partial charge in [-0.25, -0.2) is 0 Å². The van der Waals surface area contributed by atoms with Gasteiger partial charge in [0, 0.05) is 25.6 Å². The summed E-state index contributed by atoms with van der Waals surface area (Å²) in [5.41, 5.74) is 2.38. The van der Waals surface area contributed by atoms with Crippen LogP contribution in [0.3, 0.4) is 0 Å². The molecule has 2 aromatic rings. The molecule has 0 atom stereocenters. The van der Waals surface area contributed by atoms with Crippen molar-refractivity contribution in [3.05, 3.63) is 40.8 Å². The van der Waals surface area contributed by atoms with Crippen LogP contribution in [0.25, 0.3) is 0 Å². The Bertz CT molecular complexity index is 742. The zero-order valence-electron chi connectivity index (χ0n) is 15.2. The van der Waals surface area contributed by atoms with Gasteiger partial charge in [-0.2, -0.15) is 8.78 Å². The molecule has 6 nitrogen and oxygen atoms in total. The summed E-state index contributed by atoms with van der Waals surface area (Å²) in [7, 11) is 3.03. The van der Waals surface area contributed by atoms with E-state index in [1.807, 2.05) is 13.8 Å². The first kappa shape index (κ1) is 19.7. The maximum atomic E-state index is 12.5. The van der Waals surface area contributed by atoms with Gasteiger partial charge in [-0.05, 0) is 38.0 Å². The Morgan fingerprint density at radius 2 is 2.04 bits per heavy atom. The number of benzene rings is 1. The molecule has 26 heavy (non-hydrogen) atoms. The van der Waals surface area contributed by atoms with Crippen LogP contribution < -0.4 is 9.47 Å². The molecular weight excluding hydrogens is 346 g/mol. The Morgan fingerprint density at radius 3 is 2.62 bits per heavy atom. The number of aromatic nitrogens is 1. The summed E-state index contributed by atoms with van der Waals surface area (Å²) in [6.45, 7) is 0.964. The molecule has 2 rings (SSSR count). The Balaban J connectivity index is 1.99. The Morgan fingerprint density at radius 1 is 1.31 bits per heavy atom. The third kappa shape index (κ3) is 4.93. The van der Waals surface area contributed by atoms with Crippen molar-refractivity contribution >= 4 is 5.91 Å². The second-order valence-corrected chi connectivity index (χ2v) is 5.92. The first-order valence-corrected chi connectivity index (χ1v) is 8.09. The van der Waals surface area contributed by atoms with Gasteiger partial charge in [0.1, 0.15) is 5.76 Å². The molecule has 0 aliphatic heterocycles. The lowest BCUT2D eigenvalue weighted by molar-refractivity contribution is -0.130. The lowest BCUT2D eigenvalue weighted by Gasteiger charge is -2.18. The van der Waals surface area contributed by atoms with Crippen LogP contribution in [0, 0.1) is 13.8 Å². The molecule has 1 aromatic heterocycles. The number of amides is 1. The molecule has 0 aliphatic carbocycles. The van der Waals surface area contributed by atoms with Crippen molar-refractivity contribution in [1.29, 1.82) is 0 Å². The maximum absolute atomic E-state index is 12.5. The number of hydrogen-bond donors (Lipinski definition) is 0. The molecule has 0 N–H and O–H groups in total. The summed E-state index contributed by atoms with van der Waals surface area (Å²) < 4.78 is 39.6. The Kier molecular flexibility index (Phi) is 6.54. The van der Waals surface area contributed by atoms with Crippen LogP contribution in [-0.4, -0.2) is 36.7 Å². The third-order valence-corrected chi connectivity index (χ3v) is 4.06. The average Bonchev–Trinajstić information content (AvgIpc) is 2.90. The van der Waals surface area contributed by atoms with E-state index in [9.17, 15) is 13.6 Å². The highest BCUT2D eigenvalue weighted by atomic mass is 19.3. The number of halogens is 2. The van der Waals surface area contributed by atoms with E-state index < -0.39 is 6.61 Å². The van der Waals surface area contributed by atoms with Crippen molar-refractivity contribution in [3.63, 3.8) is 0 Å². The van der Waals surface area contributed by atoms with E-state index in [2.05, 4.69) is 9.89 Å². The summed E-state index contributed by atoms with van der Waals surface area (Å²) >= 11 is 0. The van der Waals surface area contributed by atoms with E-state index in [1.165, 1.54) is 24.1 Å². The summed E-state index contributed by atoms with van der Waals surface area (Å²) in [6.07, 6.45) is 0.836. The van der Waals surface area contributed by atoms with Crippen molar-refractivity contribution in [2.75, 3.05) is 14.2 Å². The number of carbonyl (C=O) groups is 1. The van der Waals surface area contributed by atoms with E-state index in [0.717, 1.165) is 11.3 Å². The number of methoxy groups -OCH3 is 1. The predicted molar refractivity (Wildman–Crippen MR) is 90.4 cm³/mol. The molecule has 0 radical (unpaired) electrons. The van der Waals surface area contributed by atoms with Crippen LogP contribution in [0.15, 0.2) is 22.7 Å². The minimum Gasteiger partial charge on any atom is -0.493 e. The van der Waals surface area contributed by atoms with Gasteiger partial charge in [-0.3, -0.25) is 4.79 Å². The first-order chi connectivity index (χ1) is 12.3. The fourth-order valence-corrected chi connectivity index (χ4v) is 2.65. The third-order valence-electron chi connectivity index (χ3n) is 4.06. The van der Waals surface area contributed by atoms with Crippen LogP contribution >= 0.6 is 0 Å². The quantitative estimate of drug-likeness (QED) is 0.714. The lowest BCUT2D eigenvalue weighted by atomic mass is 10.1. The number of rotatable bonds is 8. The van der Waals surface area contributed by atoms with Gasteiger partial charge >= 0.3 is 6.61 Å². The molecule has 1 aromatic carbocycles. The number of alkyl halides is 2. The second kappa shape index (κ2) is 8.64. The van der Waals surface area contributed by atoms with Crippen molar-refractivity contribution in [3.8, 4) is 11.5 Å². The zero-order valence-corrected chi connectivity index (χ0v) is 15.2. The molecule has 0 saturated carbocycles. The van der Waals surface area contributed by atoms with Crippen LogP contribution in [0.2, 0.25) is 0 Å². The van der Waals surface area contributed by atoms with Crippen LogP contribution in [-0.2, 0) is 17.8 Å². The predicted octanol–water partition coefficient (Wildman–Crippen LogP) is 3.49. The van der Waals surface area contributed by atoms with Crippen molar-refractivity contribution in [2.45, 2.75) is 39.8 Å². The summed E-state index contributed by atoms with van der Waals surface area (Å²) in [6, 6.07) is 4.69. The fraction of sp³-hybridized carbons (Fsp3) is 0.444. The molecule has 1 heterocycles. The highest BCUT2D eigenvalue weighted by molar-refractivity contribution is 5.76. The Labute approximate surface area is 150 Å². The largest absolute Gasteiger partial charge is 0.493 e. The van der Waals surface area contributed by atoms with E-state index in [0.29, 0.717) is 24.2 Å². The number of ether oxygens (including phenoxy) is 2. The van der Waals surface area contributed by atoms with Gasteiger partial charge in [0.15, 0.2) is 11.5 Å². The Hall–Kier alpha value is -2.64. The van der Waals surface area contributed by atoms with E-state index in [1.54, 1.807) is 13.1 Å². The number of aryl methyl sites for hydroxylation is 2. The maximum Gasteiger partial charge on any atom is 0.387 e. The van der Waals surface area contributed by atoms with Gasteiger partial charge in [0.05, 0.1) is 12.8 Å². The van der Waals surface area contributed by atoms with Crippen molar-refractivity contribution < 1.29 is 27.6 Å². The summed E-state index contributed by atoms with van der Waals surface area (Å²) in [5.74, 6) is 0.789. The highest BCUT2D eigenvalue weighted by Gasteiger charge is 2.16. The molecule has 0 spiro atoms. The van der Waals surface area contributed by atoms with Gasteiger partial charge in [-0.15, -0.1) is 0 Å². The van der Waals surface area contributed by atoms with Gasteiger partial charge in [-0.1, -0.05) is 11.2 Å². The minimum absolute atomic E-state index is 0.0587. The first-order valence-electron chi connectivity index (χ1n) is 8.09. The molecule has 1 amide bonds. The normalized spacial score (nSPS) is 10.9. The molecule has 0 saturated heterocycles. The van der Waals surface area contributed by atoms with Crippen LogP contribution in [0.1, 0.15) is 29.0 Å². The smallest absolute Gasteiger partial charge is 0.387 e. The van der Waals surface area contributed by atoms with E-state index >= 15 is 0 Å². The van der Waals surface area contributed by atoms with Crippen LogP contribution in [0.5, 0.6) is 11.5 Å². The summed E-state index contributed by atoms with van der Waals surface area (Å²) in [5, 5.41) is 3.87. The molecule has 8 heteroatoms. The molecule has 0 aliphatic rings. The number of hydrogen-bond acceptors (Lipinski definition) is 5.